The van der Waals surface area contributed by atoms with Crippen LogP contribution in [-0.4, -0.2) is 35.1 Å². The van der Waals surface area contributed by atoms with E-state index in [-0.39, 0.29) is 5.96 Å². The van der Waals surface area contributed by atoms with E-state index in [4.69, 9.17) is 21.7 Å². The van der Waals surface area contributed by atoms with Crippen LogP contribution in [0, 0.1) is 0 Å². The molecule has 1 atom stereocenters. The van der Waals surface area contributed by atoms with Crippen molar-refractivity contribution < 1.29 is 10.2 Å². The Balaban J connectivity index is 3.66. The largest absolute Gasteiger partial charge is 0.393 e. The zero-order valence-electron chi connectivity index (χ0n) is 5.31. The fourth-order valence-corrected chi connectivity index (χ4v) is 0.224. The highest BCUT2D eigenvalue weighted by Gasteiger charge is 1.92. The van der Waals surface area contributed by atoms with Crippen molar-refractivity contribution in [3.8, 4) is 0 Å². The first-order valence-corrected chi connectivity index (χ1v) is 2.58. The first kappa shape index (κ1) is 8.86. The standard InChI is InChI=1S/C4H10N4O2/c5-4(6)8-7-1-3(10)2-9/h1,3,9-10H,2H2,(H4,5,6,8). The Kier molecular flexibility index (Phi) is 4.17. The lowest BCUT2D eigenvalue weighted by Gasteiger charge is -1.94. The summed E-state index contributed by atoms with van der Waals surface area (Å²) in [6.07, 6.45) is 0.0165. The SMILES string of the molecule is NC(N)=NN=CC(O)CO. The molecule has 6 nitrogen and oxygen atoms in total. The molecular formula is C4H10N4O2. The van der Waals surface area contributed by atoms with Crippen LogP contribution >= 0.6 is 0 Å². The van der Waals surface area contributed by atoms with Gasteiger partial charge in [-0.15, -0.1) is 5.10 Å². The number of aliphatic hydroxyl groups is 2. The highest BCUT2D eigenvalue weighted by molar-refractivity contribution is 5.76. The van der Waals surface area contributed by atoms with Crippen molar-refractivity contribution in [2.45, 2.75) is 6.10 Å². The molecule has 0 heterocycles. The minimum absolute atomic E-state index is 0.193. The molecule has 0 aliphatic carbocycles. The number of aliphatic hydroxyl groups excluding tert-OH is 2. The van der Waals surface area contributed by atoms with E-state index in [1.165, 1.54) is 0 Å². The zero-order valence-corrected chi connectivity index (χ0v) is 5.31. The Morgan fingerprint density at radius 3 is 2.60 bits per heavy atom. The molecule has 0 aliphatic heterocycles. The van der Waals surface area contributed by atoms with Crippen LogP contribution in [0.25, 0.3) is 0 Å². The Hall–Kier alpha value is -1.14. The summed E-state index contributed by atoms with van der Waals surface area (Å²) in [5, 5.41) is 23.3. The molecule has 6 heteroatoms. The number of nitrogens with zero attached hydrogens (tertiary/aromatic N) is 2. The minimum Gasteiger partial charge on any atom is -0.393 e. The van der Waals surface area contributed by atoms with E-state index in [1.54, 1.807) is 0 Å². The second-order valence-corrected chi connectivity index (χ2v) is 1.54. The molecule has 0 spiro atoms. The molecule has 0 bridgehead atoms. The Morgan fingerprint density at radius 1 is 1.60 bits per heavy atom. The van der Waals surface area contributed by atoms with Gasteiger partial charge in [0.05, 0.1) is 12.8 Å². The molecule has 0 saturated heterocycles. The second kappa shape index (κ2) is 4.71. The smallest absolute Gasteiger partial charge is 0.211 e. The molecule has 10 heavy (non-hydrogen) atoms. The van der Waals surface area contributed by atoms with Crippen molar-refractivity contribution in [2.24, 2.45) is 21.7 Å². The van der Waals surface area contributed by atoms with Gasteiger partial charge < -0.3 is 21.7 Å². The first-order valence-electron chi connectivity index (χ1n) is 2.58. The third-order valence-electron chi connectivity index (χ3n) is 0.599. The predicted octanol–water partition coefficient (Wildman–Crippen LogP) is -2.40. The van der Waals surface area contributed by atoms with Gasteiger partial charge in [-0.25, -0.2) is 0 Å². The molecule has 0 rings (SSSR count). The maximum Gasteiger partial charge on any atom is 0.211 e. The molecule has 58 valence electrons. The van der Waals surface area contributed by atoms with Crippen LogP contribution in [0.3, 0.4) is 0 Å². The van der Waals surface area contributed by atoms with Crippen LogP contribution in [0.1, 0.15) is 0 Å². The molecule has 0 radical (unpaired) electrons. The third-order valence-corrected chi connectivity index (χ3v) is 0.599. The van der Waals surface area contributed by atoms with Gasteiger partial charge in [-0.1, -0.05) is 0 Å². The predicted molar refractivity (Wildman–Crippen MR) is 37.4 cm³/mol. The Morgan fingerprint density at radius 2 is 2.20 bits per heavy atom. The highest BCUT2D eigenvalue weighted by atomic mass is 16.3. The summed E-state index contributed by atoms with van der Waals surface area (Å²) in [5.41, 5.74) is 9.78. The van der Waals surface area contributed by atoms with Crippen molar-refractivity contribution >= 4 is 12.2 Å². The van der Waals surface area contributed by atoms with E-state index in [1.807, 2.05) is 0 Å². The average Bonchev–Trinajstić information content (AvgIpc) is 1.87. The topological polar surface area (TPSA) is 117 Å². The molecular weight excluding hydrogens is 136 g/mol. The molecule has 1 unspecified atom stereocenters. The molecule has 0 aromatic rings. The van der Waals surface area contributed by atoms with Gasteiger partial charge in [0.25, 0.3) is 0 Å². The van der Waals surface area contributed by atoms with Crippen LogP contribution in [0.4, 0.5) is 0 Å². The summed E-state index contributed by atoms with van der Waals surface area (Å²) in [6, 6.07) is 0. The molecule has 6 N–H and O–H groups in total. The third kappa shape index (κ3) is 5.01. The molecule has 0 aliphatic rings. The lowest BCUT2D eigenvalue weighted by Crippen LogP contribution is -2.22. The number of guanidine groups is 1. The summed E-state index contributed by atoms with van der Waals surface area (Å²) < 4.78 is 0. The second-order valence-electron chi connectivity index (χ2n) is 1.54. The van der Waals surface area contributed by atoms with E-state index in [0.29, 0.717) is 0 Å². The van der Waals surface area contributed by atoms with Gasteiger partial charge in [0.15, 0.2) is 0 Å². The summed E-state index contributed by atoms with van der Waals surface area (Å²) in [4.78, 5) is 0. The Labute approximate surface area is 57.9 Å². The van der Waals surface area contributed by atoms with Crippen molar-refractivity contribution in [3.05, 3.63) is 0 Å². The maximum atomic E-state index is 8.62. The van der Waals surface area contributed by atoms with Crippen molar-refractivity contribution in [2.75, 3.05) is 6.61 Å². The Bertz CT molecular complexity index is 140. The van der Waals surface area contributed by atoms with Crippen LogP contribution in [-0.2, 0) is 0 Å². The summed E-state index contributed by atoms with van der Waals surface area (Å²) >= 11 is 0. The van der Waals surface area contributed by atoms with Crippen LogP contribution in [0.2, 0.25) is 0 Å². The van der Waals surface area contributed by atoms with Crippen LogP contribution in [0.5, 0.6) is 0 Å². The lowest BCUT2D eigenvalue weighted by atomic mass is 10.4. The molecule has 0 aromatic carbocycles. The van der Waals surface area contributed by atoms with Gasteiger partial charge in [-0.05, 0) is 0 Å². The van der Waals surface area contributed by atoms with Crippen LogP contribution < -0.4 is 11.5 Å². The van der Waals surface area contributed by atoms with Gasteiger partial charge in [0.2, 0.25) is 5.96 Å². The van der Waals surface area contributed by atoms with Crippen molar-refractivity contribution in [1.29, 1.82) is 0 Å². The van der Waals surface area contributed by atoms with E-state index < -0.39 is 12.7 Å². The molecule has 0 saturated carbocycles. The van der Waals surface area contributed by atoms with Crippen molar-refractivity contribution in [3.63, 3.8) is 0 Å². The fourth-order valence-electron chi connectivity index (χ4n) is 0.224. The monoisotopic (exact) mass is 146 g/mol. The van der Waals surface area contributed by atoms with Crippen LogP contribution in [0.15, 0.2) is 10.2 Å². The van der Waals surface area contributed by atoms with Gasteiger partial charge >= 0.3 is 0 Å². The van der Waals surface area contributed by atoms with E-state index >= 15 is 0 Å². The van der Waals surface area contributed by atoms with Gasteiger partial charge in [-0.2, -0.15) is 5.10 Å². The maximum absolute atomic E-state index is 8.62. The number of hydrogen-bond acceptors (Lipinski definition) is 4. The van der Waals surface area contributed by atoms with Gasteiger partial charge in [0, 0.05) is 0 Å². The number of rotatable bonds is 3. The highest BCUT2D eigenvalue weighted by Crippen LogP contribution is 1.75. The average molecular weight is 146 g/mol. The lowest BCUT2D eigenvalue weighted by molar-refractivity contribution is 0.148. The minimum atomic E-state index is -1.01. The van der Waals surface area contributed by atoms with Crippen molar-refractivity contribution in [1.82, 2.24) is 0 Å². The molecule has 0 aromatic heterocycles. The molecule has 0 amide bonds. The van der Waals surface area contributed by atoms with E-state index in [0.717, 1.165) is 6.21 Å². The normalized spacial score (nSPS) is 13.4. The summed E-state index contributed by atoms with van der Waals surface area (Å²) in [7, 11) is 0. The fraction of sp³-hybridized carbons (Fsp3) is 0.500. The summed E-state index contributed by atoms with van der Waals surface area (Å²) in [6.45, 7) is -0.399. The summed E-state index contributed by atoms with van der Waals surface area (Å²) in [5.74, 6) is -0.193. The van der Waals surface area contributed by atoms with Gasteiger partial charge in [0.1, 0.15) is 6.10 Å². The number of nitrogens with two attached hydrogens (primary N) is 2. The molecule has 0 fully saturated rings. The first-order chi connectivity index (χ1) is 4.66. The van der Waals surface area contributed by atoms with E-state index in [2.05, 4.69) is 10.2 Å². The zero-order chi connectivity index (χ0) is 7.98. The van der Waals surface area contributed by atoms with Gasteiger partial charge in [-0.3, -0.25) is 0 Å². The quantitative estimate of drug-likeness (QED) is 0.201. The number of hydrogen-bond donors (Lipinski definition) is 4. The van der Waals surface area contributed by atoms with E-state index in [9.17, 15) is 0 Å².